The number of anilines is 1. The molecule has 0 bridgehead atoms. The van der Waals surface area contributed by atoms with Gasteiger partial charge in [0.2, 0.25) is 0 Å². The van der Waals surface area contributed by atoms with Gasteiger partial charge in [0.1, 0.15) is 0 Å². The zero-order valence-electron chi connectivity index (χ0n) is 17.3. The number of benzene rings is 2. The minimum Gasteiger partial charge on any atom is -0.371 e. The zero-order chi connectivity index (χ0) is 20.8. The third kappa shape index (κ3) is 5.65. The Morgan fingerprint density at radius 3 is 2.45 bits per heavy atom. The van der Waals surface area contributed by atoms with Crippen molar-refractivity contribution >= 4 is 17.5 Å². The van der Waals surface area contributed by atoms with Gasteiger partial charge in [-0.05, 0) is 37.5 Å². The van der Waals surface area contributed by atoms with Crippen LogP contribution in [-0.4, -0.2) is 49.5 Å². The molecular formula is C23H29N3O3. The molecule has 3 rings (SSSR count). The average molecular weight is 396 g/mol. The van der Waals surface area contributed by atoms with Gasteiger partial charge in [-0.15, -0.1) is 0 Å². The molecule has 1 aliphatic rings. The lowest BCUT2D eigenvalue weighted by molar-refractivity contribution is -0.136. The number of hydrogen-bond donors (Lipinski definition) is 2. The molecular weight excluding hydrogens is 366 g/mol. The highest BCUT2D eigenvalue weighted by molar-refractivity contribution is 6.39. The number of amides is 2. The van der Waals surface area contributed by atoms with E-state index in [0.717, 1.165) is 35.3 Å². The van der Waals surface area contributed by atoms with E-state index in [1.165, 1.54) is 0 Å². The Hall–Kier alpha value is -2.70. The lowest BCUT2D eigenvalue weighted by atomic mass is 10.1. The van der Waals surface area contributed by atoms with Gasteiger partial charge >= 0.3 is 11.8 Å². The summed E-state index contributed by atoms with van der Waals surface area (Å²) in [5.74, 6) is -1.25. The Bertz CT molecular complexity index is 844. The summed E-state index contributed by atoms with van der Waals surface area (Å²) in [6.07, 6.45) is 0.0384. The highest BCUT2D eigenvalue weighted by atomic mass is 16.5. The van der Waals surface area contributed by atoms with Crippen LogP contribution in [0, 0.1) is 20.8 Å². The highest BCUT2D eigenvalue weighted by Crippen LogP contribution is 2.22. The first kappa shape index (κ1) is 21.0. The molecule has 2 amide bonds. The largest absolute Gasteiger partial charge is 0.371 e. The van der Waals surface area contributed by atoms with Crippen molar-refractivity contribution < 1.29 is 14.3 Å². The molecule has 1 aliphatic heterocycles. The van der Waals surface area contributed by atoms with E-state index in [9.17, 15) is 9.59 Å². The van der Waals surface area contributed by atoms with E-state index in [-0.39, 0.29) is 6.10 Å². The Morgan fingerprint density at radius 2 is 1.76 bits per heavy atom. The van der Waals surface area contributed by atoms with Crippen LogP contribution < -0.4 is 10.6 Å². The fourth-order valence-electron chi connectivity index (χ4n) is 3.73. The van der Waals surface area contributed by atoms with E-state index < -0.39 is 11.8 Å². The Morgan fingerprint density at radius 1 is 1.07 bits per heavy atom. The summed E-state index contributed by atoms with van der Waals surface area (Å²) in [5.41, 5.74) is 4.88. The van der Waals surface area contributed by atoms with Crippen LogP contribution in [0.2, 0.25) is 0 Å². The van der Waals surface area contributed by atoms with Crippen molar-refractivity contribution in [1.29, 1.82) is 0 Å². The summed E-state index contributed by atoms with van der Waals surface area (Å²) in [6, 6.07) is 14.1. The van der Waals surface area contributed by atoms with Crippen LogP contribution in [0.25, 0.3) is 0 Å². The maximum Gasteiger partial charge on any atom is 0.313 e. The second kappa shape index (κ2) is 9.67. The molecule has 1 heterocycles. The maximum atomic E-state index is 12.3. The van der Waals surface area contributed by atoms with E-state index in [1.807, 2.05) is 51.1 Å². The third-order valence-corrected chi connectivity index (χ3v) is 5.16. The lowest BCUT2D eigenvalue weighted by Gasteiger charge is -2.33. The number of carbonyl (C=O) groups excluding carboxylic acids is 2. The number of rotatable bonds is 5. The standard InChI is InChI=1S/C23H29N3O3/c1-16-13-17(2)21(18(3)14-16)25-23(28)22(27)24-9-10-26-11-12-29-20(15-26)19-7-5-4-6-8-19/h4-8,13-14,20H,9-12,15H2,1-3H3,(H,24,27)(H,25,28)/t20-/m1/s1. The lowest BCUT2D eigenvalue weighted by Crippen LogP contribution is -2.44. The summed E-state index contributed by atoms with van der Waals surface area (Å²) in [4.78, 5) is 26.7. The van der Waals surface area contributed by atoms with Crippen molar-refractivity contribution in [2.45, 2.75) is 26.9 Å². The minimum atomic E-state index is -0.635. The first-order chi connectivity index (χ1) is 13.9. The predicted octanol–water partition coefficient (Wildman–Crippen LogP) is 2.74. The molecule has 0 aliphatic carbocycles. The number of carbonyl (C=O) groups is 2. The number of nitrogens with zero attached hydrogens (tertiary/aromatic N) is 1. The molecule has 6 nitrogen and oxygen atoms in total. The van der Waals surface area contributed by atoms with E-state index in [2.05, 4.69) is 27.7 Å². The van der Waals surface area contributed by atoms with Crippen LogP contribution in [0.5, 0.6) is 0 Å². The summed E-state index contributed by atoms with van der Waals surface area (Å²) >= 11 is 0. The van der Waals surface area contributed by atoms with E-state index in [1.54, 1.807) is 0 Å². The Kier molecular flexibility index (Phi) is 7.01. The second-order valence-electron chi connectivity index (χ2n) is 7.55. The topological polar surface area (TPSA) is 70.7 Å². The van der Waals surface area contributed by atoms with Gasteiger partial charge in [-0.2, -0.15) is 0 Å². The van der Waals surface area contributed by atoms with E-state index in [0.29, 0.717) is 25.4 Å². The van der Waals surface area contributed by atoms with Gasteiger partial charge in [0, 0.05) is 31.9 Å². The molecule has 0 saturated carbocycles. The van der Waals surface area contributed by atoms with Crippen molar-refractivity contribution in [3.05, 3.63) is 64.7 Å². The normalized spacial score (nSPS) is 17.0. The maximum absolute atomic E-state index is 12.3. The number of morpholine rings is 1. The van der Waals surface area contributed by atoms with Gasteiger partial charge in [0.05, 0.1) is 12.7 Å². The first-order valence-electron chi connectivity index (χ1n) is 10.00. The van der Waals surface area contributed by atoms with Gasteiger partial charge in [0.15, 0.2) is 0 Å². The Labute approximate surface area is 172 Å². The van der Waals surface area contributed by atoms with Crippen molar-refractivity contribution in [1.82, 2.24) is 10.2 Å². The Balaban J connectivity index is 1.46. The predicted molar refractivity (Wildman–Crippen MR) is 114 cm³/mol. The van der Waals surface area contributed by atoms with Crippen molar-refractivity contribution in [3.63, 3.8) is 0 Å². The molecule has 1 fully saturated rings. The fraction of sp³-hybridized carbons (Fsp3) is 0.391. The average Bonchev–Trinajstić information content (AvgIpc) is 2.71. The van der Waals surface area contributed by atoms with Gasteiger partial charge < -0.3 is 15.4 Å². The molecule has 0 spiro atoms. The van der Waals surface area contributed by atoms with Crippen LogP contribution in [0.15, 0.2) is 42.5 Å². The number of ether oxygens (including phenoxy) is 1. The van der Waals surface area contributed by atoms with E-state index >= 15 is 0 Å². The quantitative estimate of drug-likeness (QED) is 0.764. The first-order valence-corrected chi connectivity index (χ1v) is 10.00. The molecule has 0 radical (unpaired) electrons. The smallest absolute Gasteiger partial charge is 0.313 e. The van der Waals surface area contributed by atoms with Crippen LogP contribution in [0.4, 0.5) is 5.69 Å². The number of aryl methyl sites for hydroxylation is 3. The van der Waals surface area contributed by atoms with Gasteiger partial charge in [0.25, 0.3) is 0 Å². The van der Waals surface area contributed by atoms with Crippen molar-refractivity contribution in [3.8, 4) is 0 Å². The molecule has 154 valence electrons. The molecule has 6 heteroatoms. The van der Waals surface area contributed by atoms with Gasteiger partial charge in [-0.1, -0.05) is 48.0 Å². The summed E-state index contributed by atoms with van der Waals surface area (Å²) in [5, 5.41) is 5.46. The van der Waals surface area contributed by atoms with Crippen LogP contribution in [-0.2, 0) is 14.3 Å². The second-order valence-corrected chi connectivity index (χ2v) is 7.55. The molecule has 29 heavy (non-hydrogen) atoms. The number of hydrogen-bond acceptors (Lipinski definition) is 4. The molecule has 1 saturated heterocycles. The summed E-state index contributed by atoms with van der Waals surface area (Å²) < 4.78 is 5.86. The molecule has 2 aromatic carbocycles. The van der Waals surface area contributed by atoms with Crippen LogP contribution >= 0.6 is 0 Å². The number of nitrogens with one attached hydrogen (secondary N) is 2. The summed E-state index contributed by atoms with van der Waals surface area (Å²) in [6.45, 7) is 9.19. The van der Waals surface area contributed by atoms with Gasteiger partial charge in [-0.25, -0.2) is 0 Å². The van der Waals surface area contributed by atoms with Crippen LogP contribution in [0.3, 0.4) is 0 Å². The third-order valence-electron chi connectivity index (χ3n) is 5.16. The van der Waals surface area contributed by atoms with Crippen LogP contribution in [0.1, 0.15) is 28.4 Å². The van der Waals surface area contributed by atoms with Crippen molar-refractivity contribution in [2.24, 2.45) is 0 Å². The summed E-state index contributed by atoms with van der Waals surface area (Å²) in [7, 11) is 0. The monoisotopic (exact) mass is 395 g/mol. The minimum absolute atomic E-state index is 0.0384. The zero-order valence-corrected chi connectivity index (χ0v) is 17.3. The SMILES string of the molecule is Cc1cc(C)c(NC(=O)C(=O)NCCN2CCO[C@@H](c3ccccc3)C2)c(C)c1. The highest BCUT2D eigenvalue weighted by Gasteiger charge is 2.22. The van der Waals surface area contributed by atoms with E-state index in [4.69, 9.17) is 4.74 Å². The molecule has 2 aromatic rings. The molecule has 0 unspecified atom stereocenters. The fourth-order valence-corrected chi connectivity index (χ4v) is 3.73. The molecule has 0 aromatic heterocycles. The van der Waals surface area contributed by atoms with Gasteiger partial charge in [-0.3, -0.25) is 14.5 Å². The van der Waals surface area contributed by atoms with Crippen molar-refractivity contribution in [2.75, 3.05) is 38.1 Å². The molecule has 2 N–H and O–H groups in total. The molecule has 1 atom stereocenters.